The number of hydrogen-bond donors (Lipinski definition) is 1. The Bertz CT molecular complexity index is 974. The van der Waals surface area contributed by atoms with Gasteiger partial charge >= 0.3 is 0 Å². The Labute approximate surface area is 159 Å². The number of benzene rings is 2. The van der Waals surface area contributed by atoms with E-state index in [-0.39, 0.29) is 5.91 Å². The van der Waals surface area contributed by atoms with Crippen LogP contribution in [0.1, 0.15) is 34.5 Å². The van der Waals surface area contributed by atoms with Crippen molar-refractivity contribution in [3.8, 4) is 17.1 Å². The number of nitrogens with zero attached hydrogens (tertiary/aromatic N) is 2. The van der Waals surface area contributed by atoms with Crippen molar-refractivity contribution in [1.82, 2.24) is 9.55 Å². The first kappa shape index (κ1) is 17.3. The molecule has 0 spiro atoms. The first-order chi connectivity index (χ1) is 13.2. The van der Waals surface area contributed by atoms with Gasteiger partial charge in [0.2, 0.25) is 0 Å². The van der Waals surface area contributed by atoms with E-state index in [1.807, 2.05) is 43.5 Å². The van der Waals surface area contributed by atoms with Gasteiger partial charge in [-0.15, -0.1) is 0 Å². The van der Waals surface area contributed by atoms with Gasteiger partial charge in [-0.05, 0) is 68.1 Å². The van der Waals surface area contributed by atoms with Gasteiger partial charge in [0.15, 0.2) is 0 Å². The molecule has 0 aliphatic carbocycles. The molecule has 1 amide bonds. The summed E-state index contributed by atoms with van der Waals surface area (Å²) in [6.07, 6.45) is 5.51. The lowest BCUT2D eigenvalue weighted by Crippen LogP contribution is -2.12. The summed E-state index contributed by atoms with van der Waals surface area (Å²) in [5, 5.41) is 2.94. The molecule has 0 bridgehead atoms. The molecule has 1 aliphatic rings. The molecule has 0 saturated heterocycles. The van der Waals surface area contributed by atoms with Gasteiger partial charge in [-0.2, -0.15) is 0 Å². The van der Waals surface area contributed by atoms with Gasteiger partial charge in [0.05, 0.1) is 7.11 Å². The number of aromatic nitrogens is 2. The molecule has 0 saturated carbocycles. The average molecular weight is 361 g/mol. The third-order valence-electron chi connectivity index (χ3n) is 5.07. The lowest BCUT2D eigenvalue weighted by molar-refractivity contribution is 0.102. The molecule has 27 heavy (non-hydrogen) atoms. The van der Waals surface area contributed by atoms with E-state index in [1.54, 1.807) is 19.2 Å². The molecule has 0 fully saturated rings. The number of aryl methyl sites for hydroxylation is 2. The molecule has 0 radical (unpaired) electrons. The number of imidazole rings is 1. The van der Waals surface area contributed by atoms with Gasteiger partial charge in [-0.3, -0.25) is 4.79 Å². The molecule has 1 aromatic heterocycles. The van der Waals surface area contributed by atoms with Gasteiger partial charge in [0.25, 0.3) is 5.91 Å². The van der Waals surface area contributed by atoms with Crippen molar-refractivity contribution in [2.24, 2.45) is 0 Å². The van der Waals surface area contributed by atoms with E-state index in [4.69, 9.17) is 4.74 Å². The Morgan fingerprint density at radius 2 is 1.96 bits per heavy atom. The van der Waals surface area contributed by atoms with Crippen LogP contribution in [0.4, 0.5) is 5.69 Å². The minimum absolute atomic E-state index is 0.153. The zero-order valence-electron chi connectivity index (χ0n) is 15.7. The fraction of sp³-hybridized carbons (Fsp3) is 0.273. The maximum Gasteiger partial charge on any atom is 0.255 e. The number of ether oxygens (including phenoxy) is 1. The molecule has 5 nitrogen and oxygen atoms in total. The molecule has 1 N–H and O–H groups in total. The van der Waals surface area contributed by atoms with Crippen LogP contribution < -0.4 is 10.1 Å². The number of anilines is 1. The van der Waals surface area contributed by atoms with Crippen LogP contribution in [0.5, 0.6) is 5.75 Å². The highest BCUT2D eigenvalue weighted by atomic mass is 16.5. The topological polar surface area (TPSA) is 56.1 Å². The minimum atomic E-state index is -0.153. The van der Waals surface area contributed by atoms with Crippen molar-refractivity contribution in [2.75, 3.05) is 12.4 Å². The number of carbonyl (C=O) groups excluding carboxylic acids is 1. The molecular weight excluding hydrogens is 338 g/mol. The first-order valence-corrected chi connectivity index (χ1v) is 9.26. The number of rotatable bonds is 4. The van der Waals surface area contributed by atoms with Crippen molar-refractivity contribution < 1.29 is 9.53 Å². The van der Waals surface area contributed by atoms with Crippen LogP contribution in [0.2, 0.25) is 0 Å². The van der Waals surface area contributed by atoms with E-state index in [0.29, 0.717) is 11.3 Å². The van der Waals surface area contributed by atoms with E-state index in [0.717, 1.165) is 35.6 Å². The van der Waals surface area contributed by atoms with Crippen molar-refractivity contribution in [1.29, 1.82) is 0 Å². The summed E-state index contributed by atoms with van der Waals surface area (Å²) < 4.78 is 7.60. The number of carbonyl (C=O) groups is 1. The smallest absolute Gasteiger partial charge is 0.255 e. The summed E-state index contributed by atoms with van der Waals surface area (Å²) in [5.41, 5.74) is 4.71. The third-order valence-corrected chi connectivity index (χ3v) is 5.07. The van der Waals surface area contributed by atoms with Gasteiger partial charge in [0.1, 0.15) is 11.6 Å². The number of amides is 1. The van der Waals surface area contributed by atoms with Crippen LogP contribution >= 0.6 is 0 Å². The van der Waals surface area contributed by atoms with E-state index < -0.39 is 0 Å². The Hall–Kier alpha value is -3.08. The Morgan fingerprint density at radius 1 is 1.15 bits per heavy atom. The van der Waals surface area contributed by atoms with Crippen LogP contribution in [-0.2, 0) is 13.0 Å². The van der Waals surface area contributed by atoms with Crippen molar-refractivity contribution in [3.05, 3.63) is 65.5 Å². The van der Waals surface area contributed by atoms with Crippen LogP contribution in [-0.4, -0.2) is 22.6 Å². The minimum Gasteiger partial charge on any atom is -0.496 e. The number of nitrogens with one attached hydrogen (secondary N) is 1. The highest BCUT2D eigenvalue weighted by Gasteiger charge is 2.15. The molecular formula is C22H23N3O2. The highest BCUT2D eigenvalue weighted by molar-refractivity contribution is 6.04. The van der Waals surface area contributed by atoms with Crippen LogP contribution in [0.15, 0.2) is 48.7 Å². The summed E-state index contributed by atoms with van der Waals surface area (Å²) in [6.45, 7) is 2.98. The Morgan fingerprint density at radius 3 is 2.74 bits per heavy atom. The molecule has 4 rings (SSSR count). The number of hydrogen-bond acceptors (Lipinski definition) is 3. The van der Waals surface area contributed by atoms with Crippen molar-refractivity contribution in [2.45, 2.75) is 32.7 Å². The summed E-state index contributed by atoms with van der Waals surface area (Å²) >= 11 is 0. The van der Waals surface area contributed by atoms with Crippen LogP contribution in [0.3, 0.4) is 0 Å². The third kappa shape index (κ3) is 3.45. The van der Waals surface area contributed by atoms with E-state index in [9.17, 15) is 4.79 Å². The highest BCUT2D eigenvalue weighted by Crippen LogP contribution is 2.26. The predicted octanol–water partition coefficient (Wildman–Crippen LogP) is 4.46. The number of methoxy groups -OCH3 is 1. The molecule has 2 heterocycles. The van der Waals surface area contributed by atoms with Crippen molar-refractivity contribution >= 4 is 11.6 Å². The Balaban J connectivity index is 1.51. The SMILES string of the molecule is COc1cc(C(=O)Nc2ccc(-c3ncc4n3CCCC4)cc2)ccc1C. The zero-order valence-corrected chi connectivity index (χ0v) is 15.7. The standard InChI is InChI=1S/C22H23N3O2/c1-15-6-7-17(13-20(15)27-2)22(26)24-18-10-8-16(9-11-18)21-23-14-19-5-3-4-12-25(19)21/h6-11,13-14H,3-5,12H2,1-2H3,(H,24,26). The monoisotopic (exact) mass is 361 g/mol. The summed E-state index contributed by atoms with van der Waals surface area (Å²) in [4.78, 5) is 17.1. The van der Waals surface area contributed by atoms with E-state index in [1.165, 1.54) is 18.5 Å². The zero-order chi connectivity index (χ0) is 18.8. The molecule has 0 atom stereocenters. The fourth-order valence-corrected chi connectivity index (χ4v) is 3.53. The fourth-order valence-electron chi connectivity index (χ4n) is 3.53. The molecule has 1 aliphatic heterocycles. The molecule has 5 heteroatoms. The maximum absolute atomic E-state index is 12.5. The molecule has 3 aromatic rings. The molecule has 138 valence electrons. The van der Waals surface area contributed by atoms with E-state index in [2.05, 4.69) is 14.9 Å². The largest absolute Gasteiger partial charge is 0.496 e. The van der Waals surface area contributed by atoms with Gasteiger partial charge in [-0.1, -0.05) is 6.07 Å². The van der Waals surface area contributed by atoms with Gasteiger partial charge in [-0.25, -0.2) is 4.98 Å². The summed E-state index contributed by atoms with van der Waals surface area (Å²) in [7, 11) is 1.61. The van der Waals surface area contributed by atoms with Gasteiger partial charge in [0, 0.05) is 35.2 Å². The second-order valence-electron chi connectivity index (χ2n) is 6.90. The normalized spacial score (nSPS) is 13.1. The Kier molecular flexibility index (Phi) is 4.67. The van der Waals surface area contributed by atoms with E-state index >= 15 is 0 Å². The second kappa shape index (κ2) is 7.27. The van der Waals surface area contributed by atoms with Crippen LogP contribution in [0, 0.1) is 6.92 Å². The van der Waals surface area contributed by atoms with Gasteiger partial charge < -0.3 is 14.6 Å². The lowest BCUT2D eigenvalue weighted by atomic mass is 10.1. The second-order valence-corrected chi connectivity index (χ2v) is 6.90. The number of fused-ring (bicyclic) bond motifs is 1. The summed E-state index contributed by atoms with van der Waals surface area (Å²) in [5.74, 6) is 1.56. The average Bonchev–Trinajstić information content (AvgIpc) is 3.13. The quantitative estimate of drug-likeness (QED) is 0.747. The molecule has 2 aromatic carbocycles. The maximum atomic E-state index is 12.5. The lowest BCUT2D eigenvalue weighted by Gasteiger charge is -2.16. The molecule has 0 unspecified atom stereocenters. The predicted molar refractivity (Wildman–Crippen MR) is 106 cm³/mol. The van der Waals surface area contributed by atoms with Crippen molar-refractivity contribution in [3.63, 3.8) is 0 Å². The summed E-state index contributed by atoms with van der Waals surface area (Å²) in [6, 6.07) is 13.3. The van der Waals surface area contributed by atoms with Crippen LogP contribution in [0.25, 0.3) is 11.4 Å². The first-order valence-electron chi connectivity index (χ1n) is 9.26.